The van der Waals surface area contributed by atoms with E-state index in [0.717, 1.165) is 23.6 Å². The number of nitrogens with zero attached hydrogens (tertiary/aromatic N) is 1. The average Bonchev–Trinajstić information content (AvgIpc) is 3.09. The van der Waals surface area contributed by atoms with Crippen LogP contribution in [0.15, 0.2) is 41.8 Å². The lowest BCUT2D eigenvalue weighted by Gasteiger charge is -2.11. The average molecular weight is 283 g/mol. The van der Waals surface area contributed by atoms with Crippen LogP contribution in [0.3, 0.4) is 0 Å². The minimum atomic E-state index is 0.788. The van der Waals surface area contributed by atoms with E-state index in [-0.39, 0.29) is 0 Å². The van der Waals surface area contributed by atoms with Gasteiger partial charge in [0.25, 0.3) is 0 Å². The highest BCUT2D eigenvalue weighted by Gasteiger charge is 2.08. The molecule has 0 radical (unpaired) electrons. The number of hydrogen-bond acceptors (Lipinski definition) is 3. The van der Waals surface area contributed by atoms with E-state index in [4.69, 9.17) is 0 Å². The smallest absolute Gasteiger partial charge is 0.0643 e. The van der Waals surface area contributed by atoms with Crippen molar-refractivity contribution in [3.05, 3.63) is 58.7 Å². The van der Waals surface area contributed by atoms with Crippen molar-refractivity contribution < 1.29 is 0 Å². The van der Waals surface area contributed by atoms with Gasteiger partial charge in [0.2, 0.25) is 0 Å². The number of benzene rings is 1. The number of aromatic nitrogens is 2. The van der Waals surface area contributed by atoms with Gasteiger partial charge in [-0.15, -0.1) is 11.3 Å². The molecule has 0 aliphatic heterocycles. The number of thiophene rings is 1. The summed E-state index contributed by atoms with van der Waals surface area (Å²) in [7, 11) is 0. The molecule has 102 valence electrons. The van der Waals surface area contributed by atoms with Crippen molar-refractivity contribution >= 4 is 17.0 Å². The standard InChI is InChI=1S/C16H17N3S/c1-11-14(12(2)19-18-11)10-17-15-7-4-3-6-13(15)16-8-5-9-20-16/h3-9,17H,10H2,1-2H3,(H,18,19). The molecule has 0 amide bonds. The number of aryl methyl sites for hydroxylation is 2. The summed E-state index contributed by atoms with van der Waals surface area (Å²) in [6.45, 7) is 4.88. The van der Waals surface area contributed by atoms with Gasteiger partial charge in [-0.05, 0) is 31.4 Å². The molecule has 0 aliphatic carbocycles. The summed E-state index contributed by atoms with van der Waals surface area (Å²) in [6.07, 6.45) is 0. The number of hydrogen-bond donors (Lipinski definition) is 2. The van der Waals surface area contributed by atoms with E-state index in [1.165, 1.54) is 16.0 Å². The fourth-order valence-corrected chi connectivity index (χ4v) is 3.07. The highest BCUT2D eigenvalue weighted by Crippen LogP contribution is 2.31. The van der Waals surface area contributed by atoms with Gasteiger partial charge in [0, 0.05) is 33.9 Å². The summed E-state index contributed by atoms with van der Waals surface area (Å²) in [4.78, 5) is 1.29. The van der Waals surface area contributed by atoms with Crippen LogP contribution in [0.1, 0.15) is 17.0 Å². The van der Waals surface area contributed by atoms with E-state index < -0.39 is 0 Å². The van der Waals surface area contributed by atoms with Gasteiger partial charge >= 0.3 is 0 Å². The van der Waals surface area contributed by atoms with E-state index in [0.29, 0.717) is 0 Å². The lowest BCUT2D eigenvalue weighted by atomic mass is 10.1. The van der Waals surface area contributed by atoms with Crippen molar-refractivity contribution in [3.8, 4) is 10.4 Å². The lowest BCUT2D eigenvalue weighted by molar-refractivity contribution is 1.02. The summed E-state index contributed by atoms with van der Waals surface area (Å²) in [5.74, 6) is 0. The van der Waals surface area contributed by atoms with Crippen LogP contribution in [0.2, 0.25) is 0 Å². The molecule has 3 rings (SSSR count). The Morgan fingerprint density at radius 1 is 1.15 bits per heavy atom. The van der Waals surface area contributed by atoms with Crippen molar-refractivity contribution in [1.29, 1.82) is 0 Å². The Balaban J connectivity index is 1.85. The van der Waals surface area contributed by atoms with Crippen LogP contribution in [0, 0.1) is 13.8 Å². The molecular formula is C16H17N3S. The molecule has 0 atom stereocenters. The molecule has 1 aromatic carbocycles. The molecule has 20 heavy (non-hydrogen) atoms. The Morgan fingerprint density at radius 2 is 2.00 bits per heavy atom. The monoisotopic (exact) mass is 283 g/mol. The molecule has 2 N–H and O–H groups in total. The predicted molar refractivity (Wildman–Crippen MR) is 85.1 cm³/mol. The zero-order valence-electron chi connectivity index (χ0n) is 11.6. The maximum atomic E-state index is 4.24. The second kappa shape index (κ2) is 5.51. The van der Waals surface area contributed by atoms with E-state index >= 15 is 0 Å². The number of para-hydroxylation sites is 1. The van der Waals surface area contributed by atoms with Crippen LogP contribution < -0.4 is 5.32 Å². The van der Waals surface area contributed by atoms with E-state index in [9.17, 15) is 0 Å². The largest absolute Gasteiger partial charge is 0.380 e. The van der Waals surface area contributed by atoms with Crippen molar-refractivity contribution in [1.82, 2.24) is 10.2 Å². The number of anilines is 1. The number of H-pyrrole nitrogens is 1. The molecule has 4 heteroatoms. The van der Waals surface area contributed by atoms with Gasteiger partial charge in [0.15, 0.2) is 0 Å². The molecular weight excluding hydrogens is 266 g/mol. The van der Waals surface area contributed by atoms with Crippen molar-refractivity contribution in [2.45, 2.75) is 20.4 Å². The molecule has 3 nitrogen and oxygen atoms in total. The third kappa shape index (κ3) is 2.47. The van der Waals surface area contributed by atoms with Crippen molar-refractivity contribution in [2.75, 3.05) is 5.32 Å². The molecule has 0 saturated carbocycles. The Hall–Kier alpha value is -2.07. The van der Waals surface area contributed by atoms with Gasteiger partial charge in [-0.3, -0.25) is 5.10 Å². The van der Waals surface area contributed by atoms with Crippen LogP contribution in [-0.4, -0.2) is 10.2 Å². The first-order valence-electron chi connectivity index (χ1n) is 6.63. The minimum absolute atomic E-state index is 0.788. The highest BCUT2D eigenvalue weighted by atomic mass is 32.1. The second-order valence-corrected chi connectivity index (χ2v) is 5.74. The van der Waals surface area contributed by atoms with Gasteiger partial charge in [-0.2, -0.15) is 5.10 Å². The SMILES string of the molecule is Cc1n[nH]c(C)c1CNc1ccccc1-c1cccs1. The van der Waals surface area contributed by atoms with Gasteiger partial charge in [0.1, 0.15) is 0 Å². The Morgan fingerprint density at radius 3 is 2.70 bits per heavy atom. The third-order valence-corrected chi connectivity index (χ3v) is 4.35. The van der Waals surface area contributed by atoms with Crippen molar-refractivity contribution in [2.24, 2.45) is 0 Å². The number of rotatable bonds is 4. The summed E-state index contributed by atoms with van der Waals surface area (Å²) < 4.78 is 0. The molecule has 0 spiro atoms. The quantitative estimate of drug-likeness (QED) is 0.746. The predicted octanol–water partition coefficient (Wildman–Crippen LogP) is 4.37. The first-order chi connectivity index (χ1) is 9.75. The summed E-state index contributed by atoms with van der Waals surface area (Å²) >= 11 is 1.76. The molecule has 0 aliphatic rings. The van der Waals surface area contributed by atoms with Crippen molar-refractivity contribution in [3.63, 3.8) is 0 Å². The molecule has 0 unspecified atom stereocenters. The summed E-state index contributed by atoms with van der Waals surface area (Å²) in [5.41, 5.74) is 5.84. The van der Waals surface area contributed by atoms with Crippen LogP contribution in [-0.2, 0) is 6.54 Å². The zero-order chi connectivity index (χ0) is 13.9. The van der Waals surface area contributed by atoms with Crippen LogP contribution in [0.5, 0.6) is 0 Å². The number of nitrogens with one attached hydrogen (secondary N) is 2. The first kappa shape index (κ1) is 12.9. The highest BCUT2D eigenvalue weighted by molar-refractivity contribution is 7.13. The first-order valence-corrected chi connectivity index (χ1v) is 7.51. The Kier molecular flexibility index (Phi) is 3.56. The third-order valence-electron chi connectivity index (χ3n) is 3.45. The lowest BCUT2D eigenvalue weighted by Crippen LogP contribution is -2.02. The topological polar surface area (TPSA) is 40.7 Å². The fourth-order valence-electron chi connectivity index (χ4n) is 2.30. The normalized spacial score (nSPS) is 10.7. The van der Waals surface area contributed by atoms with Crippen LogP contribution in [0.25, 0.3) is 10.4 Å². The molecule has 0 fully saturated rings. The summed E-state index contributed by atoms with van der Waals surface area (Å²) in [5, 5.41) is 12.9. The van der Waals surface area contributed by atoms with E-state index in [1.807, 2.05) is 6.92 Å². The molecule has 3 aromatic rings. The van der Waals surface area contributed by atoms with Gasteiger partial charge in [0.05, 0.1) is 5.69 Å². The second-order valence-electron chi connectivity index (χ2n) is 4.79. The molecule has 0 bridgehead atoms. The molecule has 2 heterocycles. The number of aromatic amines is 1. The minimum Gasteiger partial charge on any atom is -0.380 e. The zero-order valence-corrected chi connectivity index (χ0v) is 12.4. The Bertz CT molecular complexity index is 679. The summed E-state index contributed by atoms with van der Waals surface area (Å²) in [6, 6.07) is 12.7. The van der Waals surface area contributed by atoms with E-state index in [1.54, 1.807) is 11.3 Å². The van der Waals surface area contributed by atoms with Crippen LogP contribution >= 0.6 is 11.3 Å². The maximum Gasteiger partial charge on any atom is 0.0643 e. The van der Waals surface area contributed by atoms with E-state index in [2.05, 4.69) is 64.2 Å². The fraction of sp³-hybridized carbons (Fsp3) is 0.188. The van der Waals surface area contributed by atoms with Gasteiger partial charge in [-0.25, -0.2) is 0 Å². The van der Waals surface area contributed by atoms with Crippen LogP contribution in [0.4, 0.5) is 5.69 Å². The van der Waals surface area contributed by atoms with Gasteiger partial charge in [-0.1, -0.05) is 24.3 Å². The maximum absolute atomic E-state index is 4.24. The molecule has 0 saturated heterocycles. The Labute approximate surface area is 122 Å². The van der Waals surface area contributed by atoms with Gasteiger partial charge < -0.3 is 5.32 Å². The molecule has 2 aromatic heterocycles.